The minimum absolute atomic E-state index is 0.0524. The van der Waals surface area contributed by atoms with E-state index in [-0.39, 0.29) is 24.8 Å². The second-order valence-corrected chi connectivity index (χ2v) is 16.9. The van der Waals surface area contributed by atoms with E-state index in [9.17, 15) is 29.4 Å². The quantitative estimate of drug-likeness (QED) is 0.223. The molecule has 0 radical (unpaired) electrons. The Bertz CT molecular complexity index is 1870. The molecular weight excluding hydrogens is 692 g/mol. The van der Waals surface area contributed by atoms with Gasteiger partial charge in [0.15, 0.2) is 11.7 Å². The molecule has 3 unspecified atom stereocenters. The van der Waals surface area contributed by atoms with Gasteiger partial charge in [0.2, 0.25) is 5.60 Å². The number of aliphatic hydroxyl groups is 2. The zero-order valence-corrected chi connectivity index (χ0v) is 31.5. The molecule has 4 saturated carbocycles. The molecule has 6 fully saturated rings. The number of fused-ring (bicyclic) bond motifs is 4. The van der Waals surface area contributed by atoms with Crippen LogP contribution in [0.3, 0.4) is 0 Å². The molecule has 4 heterocycles. The molecule has 1 aromatic rings. The lowest BCUT2D eigenvalue weighted by atomic mass is 9.34. The zero-order chi connectivity index (χ0) is 38.5. The summed E-state index contributed by atoms with van der Waals surface area (Å²) in [4.78, 5) is 54.8. The molecule has 14 nitrogen and oxygen atoms in total. The van der Waals surface area contributed by atoms with E-state index < -0.39 is 105 Å². The molecule has 14 atom stereocenters. The second kappa shape index (κ2) is 10.8. The summed E-state index contributed by atoms with van der Waals surface area (Å²) >= 11 is 0. The molecule has 14 heteroatoms. The van der Waals surface area contributed by atoms with Crippen LogP contribution < -0.4 is 0 Å². The van der Waals surface area contributed by atoms with Crippen LogP contribution in [0, 0.1) is 28.1 Å². The third-order valence-electron chi connectivity index (χ3n) is 14.7. The Morgan fingerprint density at radius 3 is 2.47 bits per heavy atom. The average Bonchev–Trinajstić information content (AvgIpc) is 3.90. The zero-order valence-electron chi connectivity index (χ0n) is 31.5. The van der Waals surface area contributed by atoms with Crippen molar-refractivity contribution in [2.24, 2.45) is 28.1 Å². The van der Waals surface area contributed by atoms with Crippen molar-refractivity contribution >= 4 is 23.9 Å². The lowest BCUT2D eigenvalue weighted by Gasteiger charge is -2.76. The maximum Gasteiger partial charge on any atom is 0.333 e. The molecule has 1 spiro atoms. The first-order valence-electron chi connectivity index (χ1n) is 18.3. The Hall–Kier alpha value is -3.56. The van der Waals surface area contributed by atoms with Crippen molar-refractivity contribution in [3.05, 3.63) is 47.5 Å². The highest BCUT2D eigenvalue weighted by molar-refractivity contribution is 5.88. The van der Waals surface area contributed by atoms with Crippen molar-refractivity contribution in [2.45, 2.75) is 134 Å². The van der Waals surface area contributed by atoms with E-state index in [4.69, 9.17) is 37.6 Å². The summed E-state index contributed by atoms with van der Waals surface area (Å²) in [7, 11) is 1.25. The Balaban J connectivity index is 1.51. The molecule has 1 aromatic heterocycles. The van der Waals surface area contributed by atoms with Gasteiger partial charge < -0.3 is 47.8 Å². The van der Waals surface area contributed by atoms with Crippen LogP contribution in [0.5, 0.6) is 0 Å². The number of carbonyl (C=O) groups is 4. The number of aliphatic hydroxyl groups excluding tert-OH is 1. The Kier molecular flexibility index (Phi) is 7.43. The molecule has 2 saturated heterocycles. The van der Waals surface area contributed by atoms with Crippen LogP contribution in [0.1, 0.15) is 92.7 Å². The molecular formula is C39H48O14. The number of rotatable bonds is 8. The molecule has 4 bridgehead atoms. The predicted octanol–water partition coefficient (Wildman–Crippen LogP) is 3.73. The van der Waals surface area contributed by atoms with Crippen molar-refractivity contribution in [1.82, 2.24) is 0 Å². The summed E-state index contributed by atoms with van der Waals surface area (Å²) in [6.45, 7) is 13.5. The van der Waals surface area contributed by atoms with E-state index in [2.05, 4.69) is 0 Å². The fourth-order valence-electron chi connectivity index (χ4n) is 12.4. The standard InChI is InChI=1S/C39H48O14/c1-10-19(3)29(44)49-30-33(7)18-35(45)34(8,23(33)14-26(42)46-9)38-25(41)16-32(6)24(15-27(43)48-28(32)22-12-13-47-17-22)36(38)31(37(30,35)50-21(5)40)51-39(52-36,53-38)20(4)11-2/h10,12-13,15,17,20,23,25,28,30-31,41,45H,11,14,16,18H2,1-9H3/b19-10+/t20?,23-,25+,28-,30?,31-,32+,33+,34+,35+,36+,37-,38-,39?/m0/s1. The Morgan fingerprint density at radius 2 is 1.87 bits per heavy atom. The number of methoxy groups -OCH3 is 1. The van der Waals surface area contributed by atoms with Gasteiger partial charge >= 0.3 is 23.9 Å². The molecule has 7 aliphatic rings. The number of hydrogen-bond donors (Lipinski definition) is 2. The summed E-state index contributed by atoms with van der Waals surface area (Å²) in [6, 6.07) is 1.67. The van der Waals surface area contributed by atoms with Gasteiger partial charge in [0.1, 0.15) is 23.4 Å². The van der Waals surface area contributed by atoms with Crippen LogP contribution in [-0.2, 0) is 52.3 Å². The van der Waals surface area contributed by atoms with Gasteiger partial charge in [-0.25, -0.2) is 9.59 Å². The van der Waals surface area contributed by atoms with Gasteiger partial charge in [0.25, 0.3) is 5.97 Å². The largest absolute Gasteiger partial charge is 0.472 e. The lowest BCUT2D eigenvalue weighted by Crippen LogP contribution is -2.95. The van der Waals surface area contributed by atoms with E-state index in [0.29, 0.717) is 17.6 Å². The topological polar surface area (TPSA) is 186 Å². The van der Waals surface area contributed by atoms with E-state index in [0.717, 1.165) is 0 Å². The monoisotopic (exact) mass is 740 g/mol. The molecule has 8 rings (SSSR count). The van der Waals surface area contributed by atoms with Crippen LogP contribution in [0.4, 0.5) is 0 Å². The molecule has 0 aromatic carbocycles. The van der Waals surface area contributed by atoms with Crippen LogP contribution in [0.15, 0.2) is 46.3 Å². The fourth-order valence-corrected chi connectivity index (χ4v) is 12.4. The summed E-state index contributed by atoms with van der Waals surface area (Å²) < 4.78 is 51.0. The number of ether oxygens (including phenoxy) is 7. The normalized spacial score (nSPS) is 49.0. The summed E-state index contributed by atoms with van der Waals surface area (Å²) in [5.41, 5.74) is -11.5. The number of hydrogen-bond acceptors (Lipinski definition) is 14. The van der Waals surface area contributed by atoms with E-state index in [1.54, 1.807) is 39.8 Å². The van der Waals surface area contributed by atoms with Crippen molar-refractivity contribution in [2.75, 3.05) is 7.11 Å². The van der Waals surface area contributed by atoms with E-state index in [1.807, 2.05) is 20.8 Å². The smallest absolute Gasteiger partial charge is 0.333 e. The first-order chi connectivity index (χ1) is 24.8. The van der Waals surface area contributed by atoms with Gasteiger partial charge in [-0.1, -0.05) is 40.7 Å². The highest BCUT2D eigenvalue weighted by Gasteiger charge is 3.04. The lowest BCUT2D eigenvalue weighted by molar-refractivity contribution is -0.465. The highest BCUT2D eigenvalue weighted by Crippen LogP contribution is 2.88. The Labute approximate surface area is 307 Å². The summed E-state index contributed by atoms with van der Waals surface area (Å²) in [5, 5.41) is 26.9. The first-order valence-corrected chi connectivity index (χ1v) is 18.3. The van der Waals surface area contributed by atoms with Gasteiger partial charge in [0.05, 0.1) is 25.7 Å². The van der Waals surface area contributed by atoms with Crippen LogP contribution in [0.2, 0.25) is 0 Å². The van der Waals surface area contributed by atoms with Crippen molar-refractivity contribution in [3.63, 3.8) is 0 Å². The highest BCUT2D eigenvalue weighted by atomic mass is 17.0. The van der Waals surface area contributed by atoms with Crippen molar-refractivity contribution < 1.29 is 67.0 Å². The molecule has 288 valence electrons. The Morgan fingerprint density at radius 1 is 1.15 bits per heavy atom. The van der Waals surface area contributed by atoms with Crippen molar-refractivity contribution in [1.29, 1.82) is 0 Å². The van der Waals surface area contributed by atoms with Gasteiger partial charge in [-0.3, -0.25) is 9.59 Å². The number of furan rings is 1. The maximum atomic E-state index is 13.9. The number of esters is 4. The minimum Gasteiger partial charge on any atom is -0.472 e. The molecule has 3 aliphatic heterocycles. The third-order valence-corrected chi connectivity index (χ3v) is 14.7. The average molecular weight is 741 g/mol. The first kappa shape index (κ1) is 36.4. The van der Waals surface area contributed by atoms with E-state index in [1.165, 1.54) is 32.6 Å². The number of carbonyl (C=O) groups excluding carboxylic acids is 4. The third kappa shape index (κ3) is 3.68. The number of cyclic esters (lactones) is 1. The van der Waals surface area contributed by atoms with E-state index >= 15 is 0 Å². The van der Waals surface area contributed by atoms with Gasteiger partial charge in [-0.05, 0) is 50.7 Å². The molecule has 2 N–H and O–H groups in total. The van der Waals surface area contributed by atoms with Crippen LogP contribution in [-0.4, -0.2) is 87.9 Å². The summed E-state index contributed by atoms with van der Waals surface area (Å²) in [5.74, 6) is -6.30. The predicted molar refractivity (Wildman–Crippen MR) is 179 cm³/mol. The number of allylic oxidation sites excluding steroid dienone is 1. The summed E-state index contributed by atoms with van der Waals surface area (Å²) in [6.07, 6.45) is 0.337. The second-order valence-electron chi connectivity index (χ2n) is 16.9. The molecule has 4 aliphatic carbocycles. The van der Waals surface area contributed by atoms with Crippen LogP contribution in [0.25, 0.3) is 0 Å². The molecule has 53 heavy (non-hydrogen) atoms. The van der Waals surface area contributed by atoms with Gasteiger partial charge in [0, 0.05) is 52.7 Å². The molecule has 0 amide bonds. The SMILES string of the molecule is C/C=C(\C)C(=O)OC1[C@]2(C)C[C@@]3(O)[C@@](C)([C@H]2CC(=O)OC)[C@]24OC5(C(C)CC)O[C@@H]([C@]2(O5)C2=CC(=O)O[C@@H](c5ccoc5)[C@]2(C)C[C@H]4O)[C@@]13OC(C)=O. The maximum absolute atomic E-state index is 13.9. The van der Waals surface area contributed by atoms with Gasteiger partial charge in [-0.15, -0.1) is 0 Å². The van der Waals surface area contributed by atoms with Crippen LogP contribution >= 0.6 is 0 Å². The van der Waals surface area contributed by atoms with Gasteiger partial charge in [-0.2, -0.15) is 0 Å². The van der Waals surface area contributed by atoms with Crippen molar-refractivity contribution in [3.8, 4) is 0 Å². The minimum atomic E-state index is -2.23. The fraction of sp³-hybridized carbons (Fsp3) is 0.692.